The normalized spacial score (nSPS) is 10.8. The number of hydrogen-bond acceptors (Lipinski definition) is 6. The Balaban J connectivity index is 2.06. The van der Waals surface area contributed by atoms with Crippen molar-refractivity contribution in [1.29, 1.82) is 0 Å². The number of aliphatic hydroxyl groups excluding tert-OH is 1. The van der Waals surface area contributed by atoms with E-state index in [-0.39, 0.29) is 12.4 Å². The lowest BCUT2D eigenvalue weighted by Gasteiger charge is -2.06. The lowest BCUT2D eigenvalue weighted by Crippen LogP contribution is -2.08. The van der Waals surface area contributed by atoms with Gasteiger partial charge in [-0.1, -0.05) is 11.6 Å². The third-order valence-electron chi connectivity index (χ3n) is 3.31. The average molecular weight is 346 g/mol. The van der Waals surface area contributed by atoms with Crippen LogP contribution in [0.5, 0.6) is 5.75 Å². The van der Waals surface area contributed by atoms with E-state index in [4.69, 9.17) is 16.7 Å². The van der Waals surface area contributed by atoms with Gasteiger partial charge in [-0.25, -0.2) is 9.97 Å². The number of phenolic OH excluding ortho intramolecular Hbond substituents is 1. The summed E-state index contributed by atoms with van der Waals surface area (Å²) in [5.74, 6) is 0.493. The van der Waals surface area contributed by atoms with Crippen molar-refractivity contribution in [2.75, 3.05) is 18.5 Å². The number of benzene rings is 1. The molecule has 0 atom stereocenters. The van der Waals surface area contributed by atoms with Gasteiger partial charge in [-0.05, 0) is 24.3 Å². The van der Waals surface area contributed by atoms with Gasteiger partial charge >= 0.3 is 0 Å². The smallest absolute Gasteiger partial charge is 0.223 e. The minimum Gasteiger partial charge on any atom is -0.508 e. The van der Waals surface area contributed by atoms with Crippen LogP contribution in [0.1, 0.15) is 0 Å². The van der Waals surface area contributed by atoms with E-state index >= 15 is 0 Å². The van der Waals surface area contributed by atoms with Crippen LogP contribution in [0.2, 0.25) is 5.02 Å². The standard InChI is InChI=1S/C16H16ClN5O2/c1-22-9-13(14-2-3-18-16(20-14)19-4-5-23)15(21-22)10-6-11(17)8-12(24)7-10/h2-3,6-9,23-24H,4-5H2,1H3,(H,18,19,20). The van der Waals surface area contributed by atoms with Gasteiger partial charge in [0.05, 0.1) is 12.3 Å². The summed E-state index contributed by atoms with van der Waals surface area (Å²) in [6.45, 7) is 0.360. The van der Waals surface area contributed by atoms with Gasteiger partial charge in [-0.3, -0.25) is 4.68 Å². The Morgan fingerprint density at radius 2 is 2.12 bits per heavy atom. The van der Waals surface area contributed by atoms with Gasteiger partial charge in [0.1, 0.15) is 11.4 Å². The molecule has 0 saturated carbocycles. The molecule has 3 N–H and O–H groups in total. The number of nitrogens with zero attached hydrogens (tertiary/aromatic N) is 4. The van der Waals surface area contributed by atoms with E-state index in [2.05, 4.69) is 20.4 Å². The zero-order valence-electron chi connectivity index (χ0n) is 12.9. The molecular weight excluding hydrogens is 330 g/mol. The first kappa shape index (κ1) is 16.2. The van der Waals surface area contributed by atoms with Crippen LogP contribution in [-0.2, 0) is 7.05 Å². The second kappa shape index (κ2) is 6.86. The van der Waals surface area contributed by atoms with E-state index in [1.807, 2.05) is 13.2 Å². The Hall–Kier alpha value is -2.64. The number of rotatable bonds is 5. The second-order valence-electron chi connectivity index (χ2n) is 5.18. The summed E-state index contributed by atoms with van der Waals surface area (Å²) in [4.78, 5) is 8.56. The molecule has 2 aromatic heterocycles. The maximum atomic E-state index is 9.79. The zero-order chi connectivity index (χ0) is 17.1. The molecule has 0 unspecified atom stereocenters. The fourth-order valence-electron chi connectivity index (χ4n) is 2.36. The predicted molar refractivity (Wildman–Crippen MR) is 91.9 cm³/mol. The number of aromatic nitrogens is 4. The van der Waals surface area contributed by atoms with Crippen molar-refractivity contribution in [3.8, 4) is 28.3 Å². The summed E-state index contributed by atoms with van der Waals surface area (Å²) in [5.41, 5.74) is 2.81. The fourth-order valence-corrected chi connectivity index (χ4v) is 2.59. The SMILES string of the molecule is Cn1cc(-c2ccnc(NCCO)n2)c(-c2cc(O)cc(Cl)c2)n1. The van der Waals surface area contributed by atoms with E-state index in [0.717, 1.165) is 5.56 Å². The summed E-state index contributed by atoms with van der Waals surface area (Å²) in [6.07, 6.45) is 3.47. The van der Waals surface area contributed by atoms with Crippen molar-refractivity contribution in [2.24, 2.45) is 7.05 Å². The number of nitrogens with one attached hydrogen (secondary N) is 1. The first-order valence-corrected chi connectivity index (χ1v) is 7.66. The van der Waals surface area contributed by atoms with Gasteiger partial charge in [-0.15, -0.1) is 0 Å². The summed E-state index contributed by atoms with van der Waals surface area (Å²) in [7, 11) is 1.81. The van der Waals surface area contributed by atoms with Crippen LogP contribution in [0.4, 0.5) is 5.95 Å². The molecule has 0 radical (unpaired) electrons. The first-order valence-electron chi connectivity index (χ1n) is 7.28. The van der Waals surface area contributed by atoms with Crippen LogP contribution in [-0.4, -0.2) is 43.1 Å². The van der Waals surface area contributed by atoms with Crippen molar-refractivity contribution >= 4 is 17.5 Å². The number of aliphatic hydroxyl groups is 1. The number of aryl methyl sites for hydroxylation is 1. The van der Waals surface area contributed by atoms with E-state index in [1.54, 1.807) is 29.1 Å². The molecule has 0 spiro atoms. The predicted octanol–water partition coefficient (Wildman–Crippen LogP) is 2.31. The number of aromatic hydroxyl groups is 1. The van der Waals surface area contributed by atoms with Crippen LogP contribution < -0.4 is 5.32 Å². The molecule has 3 aromatic rings. The van der Waals surface area contributed by atoms with Gasteiger partial charge in [0.25, 0.3) is 0 Å². The number of hydrogen-bond donors (Lipinski definition) is 3. The molecule has 0 fully saturated rings. The Morgan fingerprint density at radius 1 is 1.29 bits per heavy atom. The maximum Gasteiger partial charge on any atom is 0.223 e. The molecule has 3 rings (SSSR count). The van der Waals surface area contributed by atoms with Crippen molar-refractivity contribution in [3.05, 3.63) is 41.7 Å². The molecule has 0 amide bonds. The van der Waals surface area contributed by atoms with Gasteiger partial charge in [0, 0.05) is 42.1 Å². The Bertz CT molecular complexity index is 845. The molecule has 0 saturated heterocycles. The molecule has 8 heteroatoms. The molecule has 2 heterocycles. The molecule has 0 aliphatic heterocycles. The topological polar surface area (TPSA) is 96.1 Å². The Labute approximate surface area is 143 Å². The third kappa shape index (κ3) is 3.47. The summed E-state index contributed by atoms with van der Waals surface area (Å²) < 4.78 is 1.67. The monoisotopic (exact) mass is 345 g/mol. The van der Waals surface area contributed by atoms with Crippen LogP contribution >= 0.6 is 11.6 Å². The van der Waals surface area contributed by atoms with E-state index in [0.29, 0.717) is 34.5 Å². The van der Waals surface area contributed by atoms with Crippen molar-refractivity contribution in [2.45, 2.75) is 0 Å². The van der Waals surface area contributed by atoms with Gasteiger partial charge < -0.3 is 15.5 Å². The number of halogens is 1. The molecule has 7 nitrogen and oxygen atoms in total. The molecular formula is C16H16ClN5O2. The molecule has 0 bridgehead atoms. The minimum absolute atomic E-state index is 0.00643. The maximum absolute atomic E-state index is 9.79. The van der Waals surface area contributed by atoms with Crippen molar-refractivity contribution < 1.29 is 10.2 Å². The van der Waals surface area contributed by atoms with Crippen molar-refractivity contribution in [3.63, 3.8) is 0 Å². The molecule has 1 aromatic carbocycles. The second-order valence-corrected chi connectivity index (χ2v) is 5.62. The summed E-state index contributed by atoms with van der Waals surface area (Å²) >= 11 is 6.03. The van der Waals surface area contributed by atoms with Gasteiger partial charge in [-0.2, -0.15) is 5.10 Å². The molecule has 0 aliphatic carbocycles. The highest BCUT2D eigenvalue weighted by atomic mass is 35.5. The number of phenols is 1. The quantitative estimate of drug-likeness (QED) is 0.656. The highest BCUT2D eigenvalue weighted by Gasteiger charge is 2.15. The Morgan fingerprint density at radius 3 is 2.88 bits per heavy atom. The third-order valence-corrected chi connectivity index (χ3v) is 3.53. The lowest BCUT2D eigenvalue weighted by molar-refractivity contribution is 0.311. The van der Waals surface area contributed by atoms with Crippen molar-refractivity contribution in [1.82, 2.24) is 19.7 Å². The molecule has 124 valence electrons. The fraction of sp³-hybridized carbons (Fsp3) is 0.188. The van der Waals surface area contributed by atoms with Gasteiger partial charge in [0.2, 0.25) is 5.95 Å². The highest BCUT2D eigenvalue weighted by molar-refractivity contribution is 6.31. The highest BCUT2D eigenvalue weighted by Crippen LogP contribution is 2.33. The summed E-state index contributed by atoms with van der Waals surface area (Å²) in [6, 6.07) is 6.58. The van der Waals surface area contributed by atoms with Crippen LogP contribution in [0.3, 0.4) is 0 Å². The average Bonchev–Trinajstić information content (AvgIpc) is 2.94. The van der Waals surface area contributed by atoms with Crippen LogP contribution in [0.25, 0.3) is 22.5 Å². The summed E-state index contributed by atoms with van der Waals surface area (Å²) in [5, 5.41) is 26.5. The van der Waals surface area contributed by atoms with Crippen LogP contribution in [0.15, 0.2) is 36.7 Å². The van der Waals surface area contributed by atoms with E-state index in [1.165, 1.54) is 6.07 Å². The Kier molecular flexibility index (Phi) is 4.64. The molecule has 24 heavy (non-hydrogen) atoms. The first-order chi connectivity index (χ1) is 11.6. The van der Waals surface area contributed by atoms with E-state index < -0.39 is 0 Å². The number of anilines is 1. The van der Waals surface area contributed by atoms with Crippen LogP contribution in [0, 0.1) is 0 Å². The zero-order valence-corrected chi connectivity index (χ0v) is 13.7. The lowest BCUT2D eigenvalue weighted by atomic mass is 10.1. The largest absolute Gasteiger partial charge is 0.508 e. The van der Waals surface area contributed by atoms with Gasteiger partial charge in [0.15, 0.2) is 0 Å². The van der Waals surface area contributed by atoms with E-state index in [9.17, 15) is 5.11 Å². The molecule has 0 aliphatic rings. The minimum atomic E-state index is -0.00643.